The van der Waals surface area contributed by atoms with Crippen molar-refractivity contribution >= 4 is 10.8 Å². The molecule has 6 aromatic carbocycles. The van der Waals surface area contributed by atoms with Gasteiger partial charge in [0.05, 0.1) is 7.11 Å². The van der Waals surface area contributed by atoms with Crippen molar-refractivity contribution < 1.29 is 24.1 Å². The number of hydrogen-bond donors (Lipinski definition) is 1. The van der Waals surface area contributed by atoms with E-state index in [1.54, 1.807) is 7.11 Å². The van der Waals surface area contributed by atoms with Gasteiger partial charge in [-0.05, 0) is 95.4 Å². The number of aliphatic hydroxyl groups excluding tert-OH is 1. The topological polar surface area (TPSA) is 60.4 Å². The van der Waals surface area contributed by atoms with E-state index < -0.39 is 6.10 Å². The third-order valence-electron chi connectivity index (χ3n) is 9.59. The van der Waals surface area contributed by atoms with Crippen molar-refractivity contribution in [3.8, 4) is 34.1 Å². The molecule has 1 fully saturated rings. The van der Waals surface area contributed by atoms with Crippen LogP contribution in [-0.2, 0) is 13.2 Å². The minimum Gasteiger partial charge on any atom is -0.497 e. The minimum atomic E-state index is -0.921. The van der Waals surface area contributed by atoms with E-state index in [2.05, 4.69) is 29.2 Å². The number of hydrogen-bond acceptors (Lipinski definition) is 6. The molecule has 6 nitrogen and oxygen atoms in total. The molecule has 0 saturated carbocycles. The van der Waals surface area contributed by atoms with Gasteiger partial charge in [0.2, 0.25) is 0 Å². The number of ether oxygens (including phenoxy) is 4. The Bertz CT molecular complexity index is 2010. The minimum absolute atomic E-state index is 0.387. The lowest BCUT2D eigenvalue weighted by atomic mass is 9.88. The van der Waals surface area contributed by atoms with E-state index in [0.717, 1.165) is 75.3 Å². The molecule has 0 radical (unpaired) electrons. The molecule has 1 aliphatic rings. The van der Waals surface area contributed by atoms with Crippen LogP contribution in [0.2, 0.25) is 0 Å². The Balaban J connectivity index is 1.22. The zero-order valence-corrected chi connectivity index (χ0v) is 29.2. The number of nitrogens with zero attached hydrogens (tertiary/aromatic N) is 1. The molecule has 7 rings (SSSR count). The highest BCUT2D eigenvalue weighted by atomic mass is 16.5. The maximum Gasteiger partial charge on any atom is 0.131 e. The molecule has 0 aliphatic carbocycles. The number of fused-ring (bicyclic) bond motifs is 1. The second kappa shape index (κ2) is 16.6. The first-order valence-corrected chi connectivity index (χ1v) is 17.9. The van der Waals surface area contributed by atoms with Crippen LogP contribution in [0.25, 0.3) is 21.9 Å². The fraction of sp³-hybridized carbons (Fsp3) is 0.244. The van der Waals surface area contributed by atoms with E-state index in [1.165, 1.54) is 19.3 Å². The molecule has 260 valence electrons. The second-order valence-electron chi connectivity index (χ2n) is 13.0. The maximum atomic E-state index is 12.2. The maximum absolute atomic E-state index is 12.2. The number of benzene rings is 6. The van der Waals surface area contributed by atoms with E-state index in [1.807, 2.05) is 109 Å². The second-order valence-corrected chi connectivity index (χ2v) is 13.0. The van der Waals surface area contributed by atoms with Crippen molar-refractivity contribution in [3.05, 3.63) is 156 Å². The SMILES string of the molecule is COc1ccc2c(C(O)c3ccc(OCCN4CCCCC4)cc3)c(-c3ccc(OCc4ccccc4)cc3OCc3ccccc3)ccc2c1. The summed E-state index contributed by atoms with van der Waals surface area (Å²) in [6.07, 6.45) is 2.93. The van der Waals surface area contributed by atoms with Crippen LogP contribution in [-0.4, -0.2) is 43.4 Å². The average Bonchev–Trinajstić information content (AvgIpc) is 3.20. The molecule has 1 saturated heterocycles. The summed E-state index contributed by atoms with van der Waals surface area (Å²) in [5.74, 6) is 2.93. The van der Waals surface area contributed by atoms with Crippen LogP contribution in [0.15, 0.2) is 133 Å². The van der Waals surface area contributed by atoms with Gasteiger partial charge < -0.3 is 24.1 Å². The van der Waals surface area contributed by atoms with E-state index in [9.17, 15) is 5.11 Å². The Hall–Kier alpha value is -5.30. The van der Waals surface area contributed by atoms with Crippen LogP contribution in [0, 0.1) is 0 Å². The van der Waals surface area contributed by atoms with Crippen molar-refractivity contribution in [2.24, 2.45) is 0 Å². The van der Waals surface area contributed by atoms with Gasteiger partial charge in [-0.25, -0.2) is 0 Å². The van der Waals surface area contributed by atoms with Gasteiger partial charge in [-0.15, -0.1) is 0 Å². The smallest absolute Gasteiger partial charge is 0.131 e. The Morgan fingerprint density at radius 3 is 1.96 bits per heavy atom. The summed E-state index contributed by atoms with van der Waals surface area (Å²) >= 11 is 0. The number of rotatable bonds is 14. The van der Waals surface area contributed by atoms with Gasteiger partial charge >= 0.3 is 0 Å². The predicted octanol–water partition coefficient (Wildman–Crippen LogP) is 9.62. The highest BCUT2D eigenvalue weighted by molar-refractivity contribution is 5.94. The molecule has 6 heteroatoms. The van der Waals surface area contributed by atoms with Crippen molar-refractivity contribution in [2.45, 2.75) is 38.6 Å². The van der Waals surface area contributed by atoms with Crippen molar-refractivity contribution in [1.82, 2.24) is 4.90 Å². The van der Waals surface area contributed by atoms with Crippen LogP contribution < -0.4 is 18.9 Å². The van der Waals surface area contributed by atoms with Crippen molar-refractivity contribution in [2.75, 3.05) is 33.4 Å². The first-order chi connectivity index (χ1) is 25.1. The molecular weight excluding hydrogens is 634 g/mol. The zero-order chi connectivity index (χ0) is 34.8. The van der Waals surface area contributed by atoms with Gasteiger partial charge in [0, 0.05) is 23.7 Å². The Morgan fingerprint density at radius 2 is 1.25 bits per heavy atom. The molecule has 1 unspecified atom stereocenters. The summed E-state index contributed by atoms with van der Waals surface area (Å²) in [4.78, 5) is 2.47. The van der Waals surface area contributed by atoms with Crippen LogP contribution in [0.1, 0.15) is 47.6 Å². The number of piperidine rings is 1. The summed E-state index contributed by atoms with van der Waals surface area (Å²) < 4.78 is 24.5. The Morgan fingerprint density at radius 1 is 0.608 bits per heavy atom. The Labute approximate surface area is 300 Å². The molecule has 0 amide bonds. The molecule has 1 aliphatic heterocycles. The third kappa shape index (κ3) is 8.54. The van der Waals surface area contributed by atoms with E-state index in [0.29, 0.717) is 31.3 Å². The van der Waals surface area contributed by atoms with Crippen molar-refractivity contribution in [1.29, 1.82) is 0 Å². The lowest BCUT2D eigenvalue weighted by molar-refractivity contribution is 0.183. The molecule has 51 heavy (non-hydrogen) atoms. The molecular formula is C45H45NO5. The van der Waals surface area contributed by atoms with Gasteiger partial charge in [-0.1, -0.05) is 97.4 Å². The summed E-state index contributed by atoms with van der Waals surface area (Å²) in [7, 11) is 1.67. The normalized spacial score (nSPS) is 13.8. The van der Waals surface area contributed by atoms with Gasteiger partial charge in [-0.2, -0.15) is 0 Å². The fourth-order valence-corrected chi connectivity index (χ4v) is 6.79. The van der Waals surface area contributed by atoms with E-state index >= 15 is 0 Å². The number of likely N-dealkylation sites (tertiary alicyclic amines) is 1. The van der Waals surface area contributed by atoms with Gasteiger partial charge in [0.25, 0.3) is 0 Å². The largest absolute Gasteiger partial charge is 0.497 e. The average molecular weight is 680 g/mol. The number of aliphatic hydroxyl groups is 1. The zero-order valence-electron chi connectivity index (χ0n) is 29.2. The molecule has 1 atom stereocenters. The molecule has 1 heterocycles. The van der Waals surface area contributed by atoms with Crippen LogP contribution in [0.5, 0.6) is 23.0 Å². The van der Waals surface area contributed by atoms with Crippen LogP contribution >= 0.6 is 0 Å². The van der Waals surface area contributed by atoms with Crippen LogP contribution in [0.3, 0.4) is 0 Å². The highest BCUT2D eigenvalue weighted by Gasteiger charge is 2.22. The summed E-state index contributed by atoms with van der Waals surface area (Å²) in [6, 6.07) is 44.1. The van der Waals surface area contributed by atoms with Crippen molar-refractivity contribution in [3.63, 3.8) is 0 Å². The standard InChI is InChI=1S/C45H45NO5/c1-48-38-20-23-40-36(29-38)17-22-42(44(40)45(47)35-15-18-37(19-16-35)49-28-27-46-25-9-4-10-26-46)41-24-21-39(50-31-33-11-5-2-6-12-33)30-43(41)51-32-34-13-7-3-8-14-34/h2-3,5-8,11-24,29-30,45,47H,4,9-10,25-28,31-32H2,1H3. The molecule has 0 spiro atoms. The predicted molar refractivity (Wildman–Crippen MR) is 204 cm³/mol. The summed E-state index contributed by atoms with van der Waals surface area (Å²) in [5, 5.41) is 14.1. The summed E-state index contributed by atoms with van der Waals surface area (Å²) in [6.45, 7) is 4.70. The monoisotopic (exact) mass is 679 g/mol. The van der Waals surface area contributed by atoms with Gasteiger partial charge in [0.15, 0.2) is 0 Å². The molecule has 6 aromatic rings. The van der Waals surface area contributed by atoms with Gasteiger partial charge in [-0.3, -0.25) is 4.90 Å². The first-order valence-electron chi connectivity index (χ1n) is 17.9. The quantitative estimate of drug-likeness (QED) is 0.124. The fourth-order valence-electron chi connectivity index (χ4n) is 6.79. The molecule has 0 bridgehead atoms. The van der Waals surface area contributed by atoms with E-state index in [-0.39, 0.29) is 0 Å². The Kier molecular flexibility index (Phi) is 11.1. The third-order valence-corrected chi connectivity index (χ3v) is 9.59. The lowest BCUT2D eigenvalue weighted by Gasteiger charge is -2.26. The number of methoxy groups -OCH3 is 1. The van der Waals surface area contributed by atoms with Gasteiger partial charge in [0.1, 0.15) is 48.9 Å². The first kappa shape index (κ1) is 34.2. The van der Waals surface area contributed by atoms with E-state index in [4.69, 9.17) is 18.9 Å². The lowest BCUT2D eigenvalue weighted by Crippen LogP contribution is -2.33. The summed E-state index contributed by atoms with van der Waals surface area (Å²) in [5.41, 5.74) is 5.45. The molecule has 0 aromatic heterocycles. The van der Waals surface area contributed by atoms with Crippen LogP contribution in [0.4, 0.5) is 0 Å². The molecule has 1 N–H and O–H groups in total. The highest BCUT2D eigenvalue weighted by Crippen LogP contribution is 2.43.